The van der Waals surface area contributed by atoms with Crippen LogP contribution in [0.4, 0.5) is 0 Å². The van der Waals surface area contributed by atoms with E-state index in [0.717, 1.165) is 0 Å². The number of ether oxygens (including phenoxy) is 2. The summed E-state index contributed by atoms with van der Waals surface area (Å²) in [5.41, 5.74) is -1.36. The highest BCUT2D eigenvalue weighted by Crippen LogP contribution is 2.37. The number of carbonyl (C=O) groups excluding carboxylic acids is 2. The summed E-state index contributed by atoms with van der Waals surface area (Å²) in [5, 5.41) is 9.29. The average Bonchev–Trinajstić information content (AvgIpc) is 2.38. The molecule has 1 N–H and O–H groups in total. The van der Waals surface area contributed by atoms with Crippen molar-refractivity contribution >= 4 is 17.7 Å². The van der Waals surface area contributed by atoms with Crippen LogP contribution in [-0.2, 0) is 23.9 Å². The number of ketones is 1. The van der Waals surface area contributed by atoms with Gasteiger partial charge in [0.2, 0.25) is 0 Å². The van der Waals surface area contributed by atoms with Crippen LogP contribution in [0.2, 0.25) is 0 Å². The van der Waals surface area contributed by atoms with Gasteiger partial charge in [0.25, 0.3) is 0 Å². The minimum absolute atomic E-state index is 0.0440. The maximum Gasteiger partial charge on any atom is 0.362 e. The molecule has 2 rings (SSSR count). The molecule has 1 aliphatic heterocycles. The minimum atomic E-state index is -2.00. The van der Waals surface area contributed by atoms with Gasteiger partial charge in [0, 0.05) is 12.8 Å². The second-order valence-corrected chi connectivity index (χ2v) is 4.36. The fourth-order valence-electron chi connectivity index (χ4n) is 2.13. The second kappa shape index (κ2) is 4.87. The average molecular weight is 266 g/mol. The smallest absolute Gasteiger partial charge is 0.362 e. The highest BCUT2D eigenvalue weighted by Gasteiger charge is 2.53. The normalized spacial score (nSPS) is 25.6. The zero-order chi connectivity index (χ0) is 14.0. The van der Waals surface area contributed by atoms with Crippen LogP contribution in [-0.4, -0.2) is 35.0 Å². The van der Waals surface area contributed by atoms with E-state index in [2.05, 4.69) is 0 Å². The Morgan fingerprint density at radius 1 is 1.53 bits per heavy atom. The van der Waals surface area contributed by atoms with Crippen LogP contribution in [0, 0.1) is 0 Å². The van der Waals surface area contributed by atoms with Crippen molar-refractivity contribution in [2.45, 2.75) is 31.8 Å². The molecule has 0 amide bonds. The van der Waals surface area contributed by atoms with Gasteiger partial charge in [-0.05, 0) is 31.1 Å². The maximum absolute atomic E-state index is 11.9. The molecule has 2 aliphatic rings. The first kappa shape index (κ1) is 13.3. The van der Waals surface area contributed by atoms with Crippen LogP contribution >= 0.6 is 0 Å². The Morgan fingerprint density at radius 3 is 2.89 bits per heavy atom. The third-order valence-electron chi connectivity index (χ3n) is 3.12. The van der Waals surface area contributed by atoms with E-state index in [0.29, 0.717) is 17.8 Å². The molecule has 102 valence electrons. The quantitative estimate of drug-likeness (QED) is 0.604. The maximum atomic E-state index is 11.9. The SMILES string of the molecule is CCOC(=O)C1(C(=O)O)CCC2=CC(=O)CC=C2O1. The van der Waals surface area contributed by atoms with Crippen LogP contribution < -0.4 is 0 Å². The largest absolute Gasteiger partial charge is 0.478 e. The number of aliphatic carboxylic acids is 1. The van der Waals surface area contributed by atoms with E-state index in [1.54, 1.807) is 6.92 Å². The molecule has 6 heteroatoms. The predicted molar refractivity (Wildman–Crippen MR) is 63.1 cm³/mol. The number of esters is 1. The molecule has 0 aromatic rings. The number of carbonyl (C=O) groups is 3. The lowest BCUT2D eigenvalue weighted by molar-refractivity contribution is -0.184. The Morgan fingerprint density at radius 2 is 2.26 bits per heavy atom. The highest BCUT2D eigenvalue weighted by molar-refractivity contribution is 6.03. The van der Waals surface area contributed by atoms with Crippen molar-refractivity contribution in [1.29, 1.82) is 0 Å². The first-order valence-corrected chi connectivity index (χ1v) is 6.03. The fraction of sp³-hybridized carbons (Fsp3) is 0.462. The van der Waals surface area contributed by atoms with Gasteiger partial charge in [-0.3, -0.25) is 4.79 Å². The Labute approximate surface area is 109 Å². The van der Waals surface area contributed by atoms with Crippen LogP contribution in [0.3, 0.4) is 0 Å². The third kappa shape index (κ3) is 2.25. The van der Waals surface area contributed by atoms with Crippen molar-refractivity contribution in [2.75, 3.05) is 6.61 Å². The van der Waals surface area contributed by atoms with E-state index in [9.17, 15) is 19.5 Å². The predicted octanol–water partition coefficient (Wildman–Crippen LogP) is 0.966. The monoisotopic (exact) mass is 266 g/mol. The molecule has 1 unspecified atom stereocenters. The van der Waals surface area contributed by atoms with Gasteiger partial charge in [0.05, 0.1) is 6.61 Å². The van der Waals surface area contributed by atoms with Crippen molar-refractivity contribution in [3.63, 3.8) is 0 Å². The van der Waals surface area contributed by atoms with Gasteiger partial charge >= 0.3 is 17.5 Å². The van der Waals surface area contributed by atoms with Crippen LogP contribution in [0.1, 0.15) is 26.2 Å². The number of hydrogen-bond acceptors (Lipinski definition) is 5. The standard InChI is InChI=1S/C13H14O6/c1-2-18-12(17)13(11(15)16)6-5-8-7-9(14)3-4-10(8)19-13/h4,7H,2-3,5-6H2,1H3,(H,15,16). The van der Waals surface area contributed by atoms with Crippen molar-refractivity contribution in [1.82, 2.24) is 0 Å². The number of carboxylic acids is 1. The lowest BCUT2D eigenvalue weighted by Crippen LogP contribution is -2.52. The van der Waals surface area contributed by atoms with Gasteiger partial charge in [0.1, 0.15) is 5.76 Å². The second-order valence-electron chi connectivity index (χ2n) is 4.36. The summed E-state index contributed by atoms with van der Waals surface area (Å²) < 4.78 is 10.2. The van der Waals surface area contributed by atoms with Crippen LogP contribution in [0.15, 0.2) is 23.5 Å². The summed E-state index contributed by atoms with van der Waals surface area (Å²) in [6.07, 6.45) is 3.34. The molecule has 1 fully saturated rings. The van der Waals surface area contributed by atoms with E-state index < -0.39 is 17.5 Å². The topological polar surface area (TPSA) is 89.9 Å². The molecule has 0 aromatic heterocycles. The minimum Gasteiger partial charge on any atom is -0.478 e. The van der Waals surface area contributed by atoms with E-state index in [1.165, 1.54) is 12.2 Å². The third-order valence-corrected chi connectivity index (χ3v) is 3.12. The first-order chi connectivity index (χ1) is 8.99. The number of fused-ring (bicyclic) bond motifs is 1. The first-order valence-electron chi connectivity index (χ1n) is 6.03. The fourth-order valence-corrected chi connectivity index (χ4v) is 2.13. The molecular weight excluding hydrogens is 252 g/mol. The Balaban J connectivity index is 2.30. The molecule has 0 radical (unpaired) electrons. The lowest BCUT2D eigenvalue weighted by Gasteiger charge is -2.35. The summed E-state index contributed by atoms with van der Waals surface area (Å²) in [6.45, 7) is 1.68. The van der Waals surface area contributed by atoms with Gasteiger partial charge < -0.3 is 14.6 Å². The molecule has 1 heterocycles. The van der Waals surface area contributed by atoms with Crippen LogP contribution in [0.25, 0.3) is 0 Å². The van der Waals surface area contributed by atoms with Crippen molar-refractivity contribution < 1.29 is 29.0 Å². The van der Waals surface area contributed by atoms with E-state index >= 15 is 0 Å². The summed E-state index contributed by atoms with van der Waals surface area (Å²) in [4.78, 5) is 34.5. The Hall–Kier alpha value is -2.11. The number of carboxylic acid groups (broad SMARTS) is 1. The van der Waals surface area contributed by atoms with Gasteiger partial charge in [-0.1, -0.05) is 0 Å². The number of hydrogen-bond donors (Lipinski definition) is 1. The van der Waals surface area contributed by atoms with Gasteiger partial charge in [-0.2, -0.15) is 0 Å². The molecule has 0 aromatic carbocycles. The van der Waals surface area contributed by atoms with Gasteiger partial charge in [-0.15, -0.1) is 0 Å². The van der Waals surface area contributed by atoms with Crippen molar-refractivity contribution in [3.8, 4) is 0 Å². The molecule has 19 heavy (non-hydrogen) atoms. The molecule has 6 nitrogen and oxygen atoms in total. The van der Waals surface area contributed by atoms with E-state index in [-0.39, 0.29) is 25.2 Å². The van der Waals surface area contributed by atoms with Crippen molar-refractivity contribution in [2.24, 2.45) is 0 Å². The van der Waals surface area contributed by atoms with Gasteiger partial charge in [0.15, 0.2) is 5.78 Å². The lowest BCUT2D eigenvalue weighted by atomic mass is 9.87. The molecule has 1 saturated heterocycles. The van der Waals surface area contributed by atoms with Crippen LogP contribution in [0.5, 0.6) is 0 Å². The van der Waals surface area contributed by atoms with E-state index in [4.69, 9.17) is 9.47 Å². The van der Waals surface area contributed by atoms with Gasteiger partial charge in [-0.25, -0.2) is 9.59 Å². The molecule has 0 saturated carbocycles. The molecule has 1 aliphatic carbocycles. The Kier molecular flexibility index (Phi) is 3.42. The summed E-state index contributed by atoms with van der Waals surface area (Å²) in [6, 6.07) is 0. The summed E-state index contributed by atoms with van der Waals surface area (Å²) in [7, 11) is 0. The highest BCUT2D eigenvalue weighted by atomic mass is 16.6. The molecule has 1 atom stereocenters. The summed E-state index contributed by atoms with van der Waals surface area (Å²) in [5.74, 6) is -2.04. The van der Waals surface area contributed by atoms with Crippen molar-refractivity contribution in [3.05, 3.63) is 23.5 Å². The molecule has 0 spiro atoms. The zero-order valence-electron chi connectivity index (χ0n) is 10.5. The summed E-state index contributed by atoms with van der Waals surface area (Å²) >= 11 is 0. The number of rotatable bonds is 3. The van der Waals surface area contributed by atoms with E-state index in [1.807, 2.05) is 0 Å². The zero-order valence-corrected chi connectivity index (χ0v) is 10.5. The molecule has 0 bridgehead atoms. The number of allylic oxidation sites excluding steroid dienone is 3. The molecular formula is C13H14O6. The Bertz CT molecular complexity index is 501.